The monoisotopic (exact) mass is 969 g/mol. The summed E-state index contributed by atoms with van der Waals surface area (Å²) in [5, 5.41) is 2.14. The minimum atomic E-state index is -4.28. The lowest BCUT2D eigenvalue weighted by Crippen LogP contribution is -2.17. The van der Waals surface area contributed by atoms with Crippen LogP contribution in [0.25, 0.3) is 0 Å². The molecule has 0 aromatic carbocycles. The van der Waals surface area contributed by atoms with Crippen LogP contribution in [0, 0.1) is 0 Å². The molecule has 0 bridgehead atoms. The number of rotatable bonds is 18. The first-order valence-electron chi connectivity index (χ1n) is 7.82. The Morgan fingerprint density at radius 3 is 0.897 bits per heavy atom. The van der Waals surface area contributed by atoms with E-state index in [0.717, 1.165) is 0 Å². The van der Waals surface area contributed by atoms with Crippen LogP contribution in [0.5, 0.6) is 0 Å². The van der Waals surface area contributed by atoms with Crippen LogP contribution in [0.15, 0.2) is 0 Å². The maximum atomic E-state index is 13.2. The van der Waals surface area contributed by atoms with Gasteiger partial charge in [-0.2, -0.15) is 4.31 Å². The van der Waals surface area contributed by atoms with Crippen molar-refractivity contribution in [3.8, 4) is 0 Å². The smallest absolute Gasteiger partial charge is 0.285 e. The maximum Gasteiger partial charge on any atom is 0.483 e. The Hall–Kier alpha value is 4.10. The zero-order chi connectivity index (χ0) is 22.5. The molecule has 0 saturated heterocycles. The van der Waals surface area contributed by atoms with Crippen molar-refractivity contribution in [2.24, 2.45) is 0 Å². The van der Waals surface area contributed by atoms with Crippen molar-refractivity contribution in [1.29, 1.82) is 0 Å². The molecule has 0 heterocycles. The van der Waals surface area contributed by atoms with Gasteiger partial charge in [-0.25, -0.2) is 9.13 Å². The molecule has 0 aromatic rings. The summed E-state index contributed by atoms with van der Waals surface area (Å²) in [7, 11) is -8.56. The summed E-state index contributed by atoms with van der Waals surface area (Å²) < 4.78 is 53.1. The molecule has 0 aliphatic rings. The van der Waals surface area contributed by atoms with E-state index in [-0.39, 0.29) is 45.7 Å². The highest BCUT2D eigenvalue weighted by Crippen LogP contribution is 2.66. The van der Waals surface area contributed by atoms with Crippen LogP contribution in [0.1, 0.15) is 0 Å². The fraction of sp³-hybridized carbons (Fsp3) is 1.00. The largest absolute Gasteiger partial charge is 0.483 e. The van der Waals surface area contributed by atoms with Gasteiger partial charge in [-0.3, -0.25) is 18.1 Å². The van der Waals surface area contributed by atoms with Crippen molar-refractivity contribution < 1.29 is 31.5 Å². The molecule has 17 heteroatoms. The molecular formula is C12H20Br8O7P2. The highest BCUT2D eigenvalue weighted by molar-refractivity contribution is 9.13. The summed E-state index contributed by atoms with van der Waals surface area (Å²) in [6.07, 6.45) is 0. The van der Waals surface area contributed by atoms with Crippen molar-refractivity contribution in [2.75, 3.05) is 47.7 Å². The summed E-state index contributed by atoms with van der Waals surface area (Å²) in [5.41, 5.74) is 0. The van der Waals surface area contributed by atoms with Crippen LogP contribution in [0.3, 0.4) is 0 Å². The van der Waals surface area contributed by atoms with Gasteiger partial charge in [-0.05, 0) is 0 Å². The quantitative estimate of drug-likeness (QED) is 0.102. The lowest BCUT2D eigenvalue weighted by atomic mass is 10.5. The number of hydrogen-bond acceptors (Lipinski definition) is 7. The lowest BCUT2D eigenvalue weighted by Gasteiger charge is -2.25. The third kappa shape index (κ3) is 16.4. The zero-order valence-corrected chi connectivity index (χ0v) is 29.2. The van der Waals surface area contributed by atoms with Crippen molar-refractivity contribution in [3.63, 3.8) is 0 Å². The fourth-order valence-corrected chi connectivity index (χ4v) is 6.58. The molecule has 176 valence electrons. The molecule has 0 N–H and O–H groups in total. The van der Waals surface area contributed by atoms with Crippen LogP contribution < -0.4 is 0 Å². The molecule has 7 nitrogen and oxygen atoms in total. The first-order chi connectivity index (χ1) is 13.5. The van der Waals surface area contributed by atoms with Gasteiger partial charge >= 0.3 is 15.6 Å². The number of hydrogen-bond donors (Lipinski definition) is 0. The van der Waals surface area contributed by atoms with Gasteiger partial charge in [0.15, 0.2) is 0 Å². The van der Waals surface area contributed by atoms with Gasteiger partial charge in [-0.15, -0.1) is 0 Å². The van der Waals surface area contributed by atoms with Crippen molar-refractivity contribution in [1.82, 2.24) is 0 Å². The van der Waals surface area contributed by atoms with Crippen LogP contribution in [0.4, 0.5) is 0 Å². The molecule has 0 rings (SSSR count). The van der Waals surface area contributed by atoms with E-state index in [9.17, 15) is 9.13 Å². The minimum absolute atomic E-state index is 0.0191. The Morgan fingerprint density at radius 2 is 0.724 bits per heavy atom. The van der Waals surface area contributed by atoms with Gasteiger partial charge in [0.2, 0.25) is 0 Å². The molecule has 4 unspecified atom stereocenters. The molecule has 29 heavy (non-hydrogen) atoms. The van der Waals surface area contributed by atoms with Crippen molar-refractivity contribution >= 4 is 143 Å². The second-order valence-electron chi connectivity index (χ2n) is 5.17. The van der Waals surface area contributed by atoms with Crippen LogP contribution in [0.2, 0.25) is 0 Å². The van der Waals surface area contributed by atoms with Gasteiger partial charge < -0.3 is 0 Å². The first-order valence-corrected chi connectivity index (χ1v) is 18.9. The second kappa shape index (κ2) is 18.4. The van der Waals surface area contributed by atoms with E-state index in [0.29, 0.717) is 21.3 Å². The molecule has 0 radical (unpaired) electrons. The van der Waals surface area contributed by atoms with Gasteiger partial charge in [0.1, 0.15) is 0 Å². The lowest BCUT2D eigenvalue weighted by molar-refractivity contribution is 0.113. The molecule has 0 aromatic heterocycles. The molecule has 0 spiro atoms. The van der Waals surface area contributed by atoms with Crippen LogP contribution >= 0.6 is 143 Å². The third-order valence-corrected chi connectivity index (χ3v) is 14.9. The molecule has 0 saturated carbocycles. The topological polar surface area (TPSA) is 80.3 Å². The fourth-order valence-electron chi connectivity index (χ4n) is 1.16. The number of phosphoric acid groups is 2. The average Bonchev–Trinajstić information content (AvgIpc) is 2.72. The Morgan fingerprint density at radius 1 is 0.517 bits per heavy atom. The summed E-state index contributed by atoms with van der Waals surface area (Å²) in [5.74, 6) is 0. The maximum absolute atomic E-state index is 13.2. The van der Waals surface area contributed by atoms with E-state index in [4.69, 9.17) is 22.4 Å². The van der Waals surface area contributed by atoms with Crippen molar-refractivity contribution in [3.05, 3.63) is 0 Å². The van der Waals surface area contributed by atoms with Gasteiger partial charge in [0.05, 0.1) is 26.4 Å². The van der Waals surface area contributed by atoms with Crippen molar-refractivity contribution in [2.45, 2.75) is 19.3 Å². The van der Waals surface area contributed by atoms with Crippen LogP contribution in [-0.4, -0.2) is 67.1 Å². The molecular weight excluding hydrogens is 957 g/mol. The van der Waals surface area contributed by atoms with Gasteiger partial charge in [-0.1, -0.05) is 127 Å². The number of halogens is 8. The molecule has 0 aliphatic carbocycles. The number of alkyl halides is 8. The van der Waals surface area contributed by atoms with E-state index >= 15 is 0 Å². The van der Waals surface area contributed by atoms with Gasteiger partial charge in [0.25, 0.3) is 0 Å². The van der Waals surface area contributed by atoms with E-state index in [2.05, 4.69) is 127 Å². The Balaban J connectivity index is 5.43. The van der Waals surface area contributed by atoms with Gasteiger partial charge in [0, 0.05) is 40.6 Å². The minimum Gasteiger partial charge on any atom is -0.285 e. The standard InChI is InChI=1S/C12H20Br8O7P2/c13-1-9(17)5-23-28(21,24-6-10(18)2-14)27-29(22,25-7-11(19)3-15)26-8-12(20)4-16/h9-12H,1-8H2. The Kier molecular flexibility index (Phi) is 21.0. The Bertz CT molecular complexity index is 454. The summed E-state index contributed by atoms with van der Waals surface area (Å²) in [6.45, 7) is -0.0765. The van der Waals surface area contributed by atoms with Crippen LogP contribution in [-0.2, 0) is 31.5 Å². The van der Waals surface area contributed by atoms with E-state index in [1.165, 1.54) is 0 Å². The van der Waals surface area contributed by atoms with E-state index in [1.54, 1.807) is 0 Å². The molecule has 4 atom stereocenters. The first kappa shape index (κ1) is 33.1. The molecule has 0 fully saturated rings. The predicted octanol–water partition coefficient (Wildman–Crippen LogP) is 7.92. The second-order valence-corrected chi connectivity index (χ2v) is 16.4. The Labute approximate surface area is 238 Å². The number of phosphoric ester groups is 2. The van der Waals surface area contributed by atoms with E-state index in [1.807, 2.05) is 0 Å². The summed E-state index contributed by atoms with van der Waals surface area (Å²) >= 11 is 26.5. The highest BCUT2D eigenvalue weighted by atomic mass is 79.9. The SMILES string of the molecule is O=P(OCC(Br)CBr)(OCC(Br)CBr)OP(=O)(OCC(Br)CBr)OCC(Br)CBr. The summed E-state index contributed by atoms with van der Waals surface area (Å²) in [4.78, 5) is -0.664. The highest BCUT2D eigenvalue weighted by Gasteiger charge is 2.42. The third-order valence-electron chi connectivity index (χ3n) is 2.52. The zero-order valence-electron chi connectivity index (χ0n) is 14.7. The molecule has 0 aliphatic heterocycles. The summed E-state index contributed by atoms with van der Waals surface area (Å²) in [6, 6.07) is 0. The average molecular weight is 977 g/mol. The molecule has 0 amide bonds. The predicted molar refractivity (Wildman–Crippen MR) is 146 cm³/mol. The van der Waals surface area contributed by atoms with E-state index < -0.39 is 15.6 Å². The normalized spacial score (nSPS) is 20.4.